The molecule has 0 aliphatic carbocycles. The molecule has 134 valence electrons. The van der Waals surface area contributed by atoms with E-state index in [9.17, 15) is 4.79 Å². The van der Waals surface area contributed by atoms with Crippen molar-refractivity contribution in [2.24, 2.45) is 0 Å². The van der Waals surface area contributed by atoms with Crippen LogP contribution in [0.2, 0.25) is 0 Å². The van der Waals surface area contributed by atoms with Gasteiger partial charge in [-0.05, 0) is 30.2 Å². The standard InChI is InChI=1S/C19H21NO4.ClH/c1-2-22-18-12-15(16-10-11-23-19(21)20-16)8-9-17(18)24-13-14-6-4-3-5-7-14;/h3-9,12,16H,2,10-11,13H2,1H3,(H,20,21);1H/t16-;/m0./s1. The summed E-state index contributed by atoms with van der Waals surface area (Å²) in [7, 11) is 0. The molecule has 2 aromatic rings. The fourth-order valence-electron chi connectivity index (χ4n) is 2.64. The average Bonchev–Trinajstić information content (AvgIpc) is 2.62. The Morgan fingerprint density at radius 2 is 1.92 bits per heavy atom. The van der Waals surface area contributed by atoms with E-state index < -0.39 is 0 Å². The molecule has 1 saturated heterocycles. The van der Waals surface area contributed by atoms with Gasteiger partial charge in [0.25, 0.3) is 0 Å². The maximum Gasteiger partial charge on any atom is 0.407 e. The van der Waals surface area contributed by atoms with Crippen molar-refractivity contribution in [2.75, 3.05) is 13.2 Å². The first-order valence-corrected chi connectivity index (χ1v) is 8.13. The number of carbonyl (C=O) groups is 1. The van der Waals surface area contributed by atoms with Crippen LogP contribution in [0.25, 0.3) is 0 Å². The molecule has 0 aromatic heterocycles. The first-order valence-electron chi connectivity index (χ1n) is 8.13. The van der Waals surface area contributed by atoms with Crippen LogP contribution in [0.5, 0.6) is 11.5 Å². The van der Waals surface area contributed by atoms with Crippen LogP contribution >= 0.6 is 12.4 Å². The first kappa shape index (κ1) is 18.9. The lowest BCUT2D eigenvalue weighted by atomic mass is 10.0. The average molecular weight is 364 g/mol. The maximum atomic E-state index is 11.4. The lowest BCUT2D eigenvalue weighted by Crippen LogP contribution is -2.35. The zero-order chi connectivity index (χ0) is 16.8. The minimum absolute atomic E-state index is 0. The number of carbonyl (C=O) groups excluding carboxylic acids is 1. The Morgan fingerprint density at radius 3 is 2.64 bits per heavy atom. The van der Waals surface area contributed by atoms with Gasteiger partial charge in [-0.25, -0.2) is 4.79 Å². The summed E-state index contributed by atoms with van der Waals surface area (Å²) in [5.74, 6) is 1.38. The fraction of sp³-hybridized carbons (Fsp3) is 0.316. The molecule has 0 unspecified atom stereocenters. The highest BCUT2D eigenvalue weighted by atomic mass is 35.5. The van der Waals surface area contributed by atoms with Gasteiger partial charge in [-0.3, -0.25) is 0 Å². The highest BCUT2D eigenvalue weighted by Gasteiger charge is 2.22. The minimum Gasteiger partial charge on any atom is -0.490 e. The summed E-state index contributed by atoms with van der Waals surface area (Å²) >= 11 is 0. The van der Waals surface area contributed by atoms with Crippen LogP contribution in [0.4, 0.5) is 4.79 Å². The highest BCUT2D eigenvalue weighted by Crippen LogP contribution is 2.32. The number of alkyl carbamates (subject to hydrolysis) is 1. The van der Waals surface area contributed by atoms with Crippen LogP contribution in [0.3, 0.4) is 0 Å². The molecule has 1 aliphatic heterocycles. The van der Waals surface area contributed by atoms with E-state index in [1.54, 1.807) is 0 Å². The van der Waals surface area contributed by atoms with Gasteiger partial charge in [0, 0.05) is 6.42 Å². The van der Waals surface area contributed by atoms with Crippen LogP contribution in [0.15, 0.2) is 48.5 Å². The van der Waals surface area contributed by atoms with Crippen molar-refractivity contribution in [3.8, 4) is 11.5 Å². The number of halogens is 1. The van der Waals surface area contributed by atoms with Crippen LogP contribution in [-0.2, 0) is 11.3 Å². The van der Waals surface area contributed by atoms with Gasteiger partial charge in [0.05, 0.1) is 19.3 Å². The van der Waals surface area contributed by atoms with Gasteiger partial charge in [0.1, 0.15) is 6.61 Å². The van der Waals surface area contributed by atoms with E-state index in [-0.39, 0.29) is 24.5 Å². The molecule has 1 aliphatic rings. The zero-order valence-corrected chi connectivity index (χ0v) is 14.9. The quantitative estimate of drug-likeness (QED) is 0.833. The Labute approximate surface area is 153 Å². The van der Waals surface area contributed by atoms with Crippen molar-refractivity contribution in [1.29, 1.82) is 0 Å². The molecule has 6 heteroatoms. The Kier molecular flexibility index (Phi) is 6.95. The van der Waals surface area contributed by atoms with Gasteiger partial charge in [-0.1, -0.05) is 36.4 Å². The number of hydrogen-bond acceptors (Lipinski definition) is 4. The van der Waals surface area contributed by atoms with Crippen LogP contribution in [0.1, 0.15) is 30.5 Å². The summed E-state index contributed by atoms with van der Waals surface area (Å²) in [6, 6.07) is 15.7. The molecule has 25 heavy (non-hydrogen) atoms. The second-order valence-corrected chi connectivity index (χ2v) is 5.53. The Balaban J connectivity index is 0.00000225. The van der Waals surface area contributed by atoms with E-state index in [0.29, 0.717) is 31.3 Å². The van der Waals surface area contributed by atoms with E-state index in [4.69, 9.17) is 14.2 Å². The molecule has 1 N–H and O–H groups in total. The van der Waals surface area contributed by atoms with Crippen molar-refractivity contribution in [3.05, 3.63) is 59.7 Å². The predicted molar refractivity (Wildman–Crippen MR) is 97.5 cm³/mol. The number of rotatable bonds is 6. The molecule has 5 nitrogen and oxygen atoms in total. The van der Waals surface area contributed by atoms with E-state index in [1.807, 2.05) is 55.5 Å². The third kappa shape index (κ3) is 5.03. The number of cyclic esters (lactones) is 1. The van der Waals surface area contributed by atoms with Crippen LogP contribution < -0.4 is 14.8 Å². The topological polar surface area (TPSA) is 56.8 Å². The van der Waals surface area contributed by atoms with Gasteiger partial charge in [0.2, 0.25) is 0 Å². The van der Waals surface area contributed by atoms with Crippen molar-refractivity contribution in [2.45, 2.75) is 26.0 Å². The van der Waals surface area contributed by atoms with Crippen molar-refractivity contribution < 1.29 is 19.0 Å². The van der Waals surface area contributed by atoms with Crippen LogP contribution in [0, 0.1) is 0 Å². The second kappa shape index (κ2) is 9.18. The SMILES string of the molecule is CCOc1cc([C@@H]2CCOC(=O)N2)ccc1OCc1ccccc1.Cl. The molecule has 0 radical (unpaired) electrons. The number of hydrogen-bond donors (Lipinski definition) is 1. The van der Waals surface area contributed by atoms with Gasteiger partial charge < -0.3 is 19.5 Å². The summed E-state index contributed by atoms with van der Waals surface area (Å²) in [6.07, 6.45) is 0.357. The number of benzene rings is 2. The third-order valence-corrected chi connectivity index (χ3v) is 3.84. The van der Waals surface area contributed by atoms with E-state index in [0.717, 1.165) is 17.5 Å². The monoisotopic (exact) mass is 363 g/mol. The Morgan fingerprint density at radius 1 is 1.12 bits per heavy atom. The summed E-state index contributed by atoms with van der Waals surface area (Å²) < 4.78 is 16.5. The molecule has 3 rings (SSSR count). The van der Waals surface area contributed by atoms with Gasteiger partial charge >= 0.3 is 6.09 Å². The Hall–Kier alpha value is -2.40. The molecular formula is C19H22ClNO4. The van der Waals surface area contributed by atoms with Crippen molar-refractivity contribution in [1.82, 2.24) is 5.32 Å². The van der Waals surface area contributed by atoms with Gasteiger partial charge in [-0.2, -0.15) is 0 Å². The number of amides is 1. The lowest BCUT2D eigenvalue weighted by molar-refractivity contribution is 0.115. The summed E-state index contributed by atoms with van der Waals surface area (Å²) in [4.78, 5) is 11.4. The third-order valence-electron chi connectivity index (χ3n) is 3.84. The van der Waals surface area contributed by atoms with Crippen molar-refractivity contribution in [3.63, 3.8) is 0 Å². The van der Waals surface area contributed by atoms with E-state index in [1.165, 1.54) is 0 Å². The molecule has 0 saturated carbocycles. The molecule has 0 spiro atoms. The summed E-state index contributed by atoms with van der Waals surface area (Å²) in [6.45, 7) is 3.39. The smallest absolute Gasteiger partial charge is 0.407 e. The van der Waals surface area contributed by atoms with Gasteiger partial charge in [0.15, 0.2) is 11.5 Å². The van der Waals surface area contributed by atoms with Gasteiger partial charge in [-0.15, -0.1) is 12.4 Å². The van der Waals surface area contributed by atoms with Crippen LogP contribution in [-0.4, -0.2) is 19.3 Å². The normalized spacial score (nSPS) is 16.2. The fourth-order valence-corrected chi connectivity index (χ4v) is 2.64. The molecule has 1 heterocycles. The van der Waals surface area contributed by atoms with E-state index in [2.05, 4.69) is 5.32 Å². The highest BCUT2D eigenvalue weighted by molar-refractivity contribution is 5.85. The zero-order valence-electron chi connectivity index (χ0n) is 14.1. The molecule has 0 bridgehead atoms. The summed E-state index contributed by atoms with van der Waals surface area (Å²) in [5, 5.41) is 2.82. The first-order chi connectivity index (χ1) is 11.8. The lowest BCUT2D eigenvalue weighted by Gasteiger charge is -2.24. The maximum absolute atomic E-state index is 11.4. The minimum atomic E-state index is -0.381. The molecule has 1 fully saturated rings. The largest absolute Gasteiger partial charge is 0.490 e. The summed E-state index contributed by atoms with van der Waals surface area (Å²) in [5.41, 5.74) is 2.09. The van der Waals surface area contributed by atoms with E-state index >= 15 is 0 Å². The Bertz CT molecular complexity index is 693. The molecular weight excluding hydrogens is 342 g/mol. The predicted octanol–water partition coefficient (Wildman–Crippen LogP) is 4.26. The number of nitrogens with one attached hydrogen (secondary N) is 1. The van der Waals surface area contributed by atoms with Crippen molar-refractivity contribution >= 4 is 18.5 Å². The molecule has 1 amide bonds. The molecule has 2 aromatic carbocycles. The second-order valence-electron chi connectivity index (χ2n) is 5.53. The number of ether oxygens (including phenoxy) is 3. The molecule has 1 atom stereocenters.